The largest absolute Gasteiger partial charge is 0.479 e. The van der Waals surface area contributed by atoms with Crippen LogP contribution in [0.3, 0.4) is 0 Å². The maximum atomic E-state index is 14.2. The minimum Gasteiger partial charge on any atom is -0.479 e. The molecule has 0 bridgehead atoms. The van der Waals surface area contributed by atoms with E-state index in [1.165, 1.54) is 13.2 Å². The Morgan fingerprint density at radius 2 is 2.04 bits per heavy atom. The Hall–Kier alpha value is -3.00. The van der Waals surface area contributed by atoms with Gasteiger partial charge >= 0.3 is 0 Å². The first kappa shape index (κ1) is 19.8. The topological polar surface area (TPSA) is 84.0 Å². The van der Waals surface area contributed by atoms with Gasteiger partial charge < -0.3 is 20.3 Å². The van der Waals surface area contributed by atoms with E-state index < -0.39 is 11.7 Å². The molecule has 2 N–H and O–H groups in total. The molecule has 1 amide bonds. The second-order valence-corrected chi connectivity index (χ2v) is 6.97. The number of nitrogens with zero attached hydrogens (tertiary/aromatic N) is 4. The molecule has 1 aromatic carbocycles. The van der Waals surface area contributed by atoms with Gasteiger partial charge in [0.05, 0.1) is 24.0 Å². The van der Waals surface area contributed by atoms with E-state index in [0.29, 0.717) is 41.0 Å². The molecule has 3 rings (SSSR count). The zero-order valence-corrected chi connectivity index (χ0v) is 16.5. The number of likely N-dealkylation sites (N-methyl/N-ethyl adjacent to an activating group) is 2. The van der Waals surface area contributed by atoms with Crippen molar-refractivity contribution in [3.05, 3.63) is 35.3 Å². The summed E-state index contributed by atoms with van der Waals surface area (Å²) in [6.45, 7) is 1.50. The molecule has 0 atom stereocenters. The molecular weight excluding hydrogens is 361 g/mol. The molecule has 0 unspecified atom stereocenters. The summed E-state index contributed by atoms with van der Waals surface area (Å²) in [6.07, 6.45) is 3.78. The van der Waals surface area contributed by atoms with Crippen LogP contribution in [0.5, 0.6) is 5.88 Å². The highest BCUT2D eigenvalue weighted by molar-refractivity contribution is 6.06. The number of benzene rings is 1. The van der Waals surface area contributed by atoms with Crippen LogP contribution in [0.1, 0.15) is 15.9 Å². The number of pyridine rings is 1. The highest BCUT2D eigenvalue weighted by atomic mass is 19.1. The number of fused-ring (bicyclic) bond motifs is 1. The SMILES string of the molecule is COc1ncc(-c2cc(N(C)CCN(C)C)c(C(N)=O)c3c2N=CC3)cc1F. The third-order valence-corrected chi connectivity index (χ3v) is 4.75. The van der Waals surface area contributed by atoms with E-state index >= 15 is 0 Å². The zero-order chi connectivity index (χ0) is 20.4. The number of rotatable bonds is 7. The molecule has 0 saturated heterocycles. The number of ether oxygens (including phenoxy) is 1. The molecule has 148 valence electrons. The second-order valence-electron chi connectivity index (χ2n) is 6.97. The van der Waals surface area contributed by atoms with Crippen LogP contribution in [0, 0.1) is 5.82 Å². The van der Waals surface area contributed by atoms with Crippen molar-refractivity contribution in [1.29, 1.82) is 0 Å². The number of hydrogen-bond donors (Lipinski definition) is 1. The van der Waals surface area contributed by atoms with Crippen molar-refractivity contribution < 1.29 is 13.9 Å². The van der Waals surface area contributed by atoms with Crippen LogP contribution in [0.2, 0.25) is 0 Å². The molecule has 1 aliphatic heterocycles. The molecule has 0 spiro atoms. The zero-order valence-electron chi connectivity index (χ0n) is 16.5. The van der Waals surface area contributed by atoms with Gasteiger partial charge in [-0.1, -0.05) is 0 Å². The van der Waals surface area contributed by atoms with Gasteiger partial charge in [-0.3, -0.25) is 9.79 Å². The number of nitrogens with two attached hydrogens (primary N) is 1. The molecule has 28 heavy (non-hydrogen) atoms. The molecule has 8 heteroatoms. The Bertz CT molecular complexity index is 943. The van der Waals surface area contributed by atoms with Crippen molar-refractivity contribution in [3.63, 3.8) is 0 Å². The smallest absolute Gasteiger partial charge is 0.251 e. The van der Waals surface area contributed by atoms with Crippen molar-refractivity contribution >= 4 is 23.5 Å². The standard InChI is InChI=1S/C20H24FN5O2/c1-25(2)7-8-26(3)16-10-14(12-9-15(21)20(28-4)24-11-12)18-13(5-6-23-18)17(16)19(22)27/h6,9-11H,5,7-8H2,1-4H3,(H2,22,27). The number of carbonyl (C=O) groups excluding carboxylic acids is 1. The summed E-state index contributed by atoms with van der Waals surface area (Å²) in [5, 5.41) is 0. The van der Waals surface area contributed by atoms with Crippen LogP contribution in [0.15, 0.2) is 23.3 Å². The summed E-state index contributed by atoms with van der Waals surface area (Å²) in [5.74, 6) is -1.13. The van der Waals surface area contributed by atoms with Crippen molar-refractivity contribution in [2.45, 2.75) is 6.42 Å². The maximum Gasteiger partial charge on any atom is 0.251 e. The lowest BCUT2D eigenvalue weighted by Gasteiger charge is -2.26. The van der Waals surface area contributed by atoms with Crippen molar-refractivity contribution in [3.8, 4) is 17.0 Å². The van der Waals surface area contributed by atoms with Gasteiger partial charge in [0.2, 0.25) is 5.88 Å². The van der Waals surface area contributed by atoms with Gasteiger partial charge in [-0.15, -0.1) is 0 Å². The Morgan fingerprint density at radius 3 is 2.64 bits per heavy atom. The average Bonchev–Trinajstić information content (AvgIpc) is 3.13. The van der Waals surface area contributed by atoms with E-state index in [1.807, 2.05) is 32.1 Å². The Labute approximate surface area is 163 Å². The molecule has 0 saturated carbocycles. The van der Waals surface area contributed by atoms with Gasteiger partial charge in [0.1, 0.15) is 0 Å². The summed E-state index contributed by atoms with van der Waals surface area (Å²) < 4.78 is 19.2. The maximum absolute atomic E-state index is 14.2. The minimum absolute atomic E-state index is 0.0685. The first-order chi connectivity index (χ1) is 13.3. The lowest BCUT2D eigenvalue weighted by Crippen LogP contribution is -2.30. The molecular formula is C20H24FN5O2. The van der Waals surface area contributed by atoms with Crippen LogP contribution < -0.4 is 15.4 Å². The Balaban J connectivity index is 2.17. The van der Waals surface area contributed by atoms with Gasteiger partial charge in [0, 0.05) is 50.1 Å². The number of aliphatic imine (C=N–C) groups is 1. The molecule has 7 nitrogen and oxygen atoms in total. The van der Waals surface area contributed by atoms with Gasteiger partial charge in [-0.25, -0.2) is 9.37 Å². The summed E-state index contributed by atoms with van der Waals surface area (Å²) in [7, 11) is 7.24. The van der Waals surface area contributed by atoms with Gasteiger partial charge in [-0.05, 0) is 31.8 Å². The van der Waals surface area contributed by atoms with Crippen LogP contribution in [0.25, 0.3) is 11.1 Å². The van der Waals surface area contributed by atoms with Gasteiger partial charge in [0.15, 0.2) is 5.82 Å². The Morgan fingerprint density at radius 1 is 1.29 bits per heavy atom. The number of halogens is 1. The molecule has 2 aromatic rings. The normalized spacial score (nSPS) is 12.4. The van der Waals surface area contributed by atoms with Crippen LogP contribution >= 0.6 is 0 Å². The molecule has 2 heterocycles. The van der Waals surface area contributed by atoms with Gasteiger partial charge in [0.25, 0.3) is 5.91 Å². The molecule has 1 aliphatic rings. The van der Waals surface area contributed by atoms with Crippen LogP contribution in [0.4, 0.5) is 15.8 Å². The molecule has 1 aromatic heterocycles. The van der Waals surface area contributed by atoms with E-state index in [0.717, 1.165) is 12.1 Å². The lowest BCUT2D eigenvalue weighted by molar-refractivity contribution is 0.1000. The number of amides is 1. The van der Waals surface area contributed by atoms with Crippen molar-refractivity contribution in [2.75, 3.05) is 46.2 Å². The summed E-state index contributed by atoms with van der Waals surface area (Å²) >= 11 is 0. The lowest BCUT2D eigenvalue weighted by atomic mass is 9.94. The first-order valence-electron chi connectivity index (χ1n) is 8.91. The number of primary amides is 1. The third kappa shape index (κ3) is 3.68. The second kappa shape index (κ2) is 7.93. The number of methoxy groups -OCH3 is 1. The number of anilines is 1. The average molecular weight is 385 g/mol. The number of carbonyl (C=O) groups is 1. The number of hydrogen-bond acceptors (Lipinski definition) is 6. The quantitative estimate of drug-likeness (QED) is 0.790. The first-order valence-corrected chi connectivity index (χ1v) is 8.91. The van der Waals surface area contributed by atoms with Crippen molar-refractivity contribution in [1.82, 2.24) is 9.88 Å². The third-order valence-electron chi connectivity index (χ3n) is 4.75. The van der Waals surface area contributed by atoms with E-state index in [2.05, 4.69) is 14.9 Å². The summed E-state index contributed by atoms with van der Waals surface area (Å²) in [5.41, 5.74) is 9.52. The monoisotopic (exact) mass is 385 g/mol. The fraction of sp³-hybridized carbons (Fsp3) is 0.350. The number of aromatic nitrogens is 1. The fourth-order valence-electron chi connectivity index (χ4n) is 3.28. The summed E-state index contributed by atoms with van der Waals surface area (Å²) in [4.78, 5) is 24.7. The Kier molecular flexibility index (Phi) is 5.60. The predicted octanol–water partition coefficient (Wildman–Crippen LogP) is 2.25. The fourth-order valence-corrected chi connectivity index (χ4v) is 3.28. The van der Waals surface area contributed by atoms with E-state index in [-0.39, 0.29) is 5.88 Å². The van der Waals surface area contributed by atoms with E-state index in [4.69, 9.17) is 10.5 Å². The van der Waals surface area contributed by atoms with Gasteiger partial charge in [-0.2, -0.15) is 0 Å². The van der Waals surface area contributed by atoms with E-state index in [1.54, 1.807) is 12.4 Å². The highest BCUT2D eigenvalue weighted by Crippen LogP contribution is 2.43. The molecule has 0 fully saturated rings. The van der Waals surface area contributed by atoms with E-state index in [9.17, 15) is 9.18 Å². The predicted molar refractivity (Wildman–Crippen MR) is 108 cm³/mol. The van der Waals surface area contributed by atoms with Crippen LogP contribution in [-0.4, -0.2) is 63.3 Å². The molecule has 0 aliphatic carbocycles. The highest BCUT2D eigenvalue weighted by Gasteiger charge is 2.26. The summed E-state index contributed by atoms with van der Waals surface area (Å²) in [6, 6.07) is 3.20. The van der Waals surface area contributed by atoms with Crippen molar-refractivity contribution in [2.24, 2.45) is 10.7 Å². The minimum atomic E-state index is -0.558. The van der Waals surface area contributed by atoms with Crippen LogP contribution in [-0.2, 0) is 6.42 Å². The molecule has 0 radical (unpaired) electrons.